The summed E-state index contributed by atoms with van der Waals surface area (Å²) in [7, 11) is 3.38. The van der Waals surface area contributed by atoms with Crippen molar-refractivity contribution in [2.24, 2.45) is 0 Å². The van der Waals surface area contributed by atoms with Gasteiger partial charge in [-0.05, 0) is 49.0 Å². The van der Waals surface area contributed by atoms with Gasteiger partial charge in [-0.15, -0.1) is 11.3 Å². The van der Waals surface area contributed by atoms with Crippen LogP contribution in [0.2, 0.25) is 0 Å². The molecule has 19 heavy (non-hydrogen) atoms. The molecule has 0 aliphatic carbocycles. The largest absolute Gasteiger partial charge is 0.494 e. The van der Waals surface area contributed by atoms with Crippen LogP contribution < -0.4 is 10.1 Å². The molecule has 0 saturated heterocycles. The Bertz CT molecular complexity index is 513. The Morgan fingerprint density at radius 3 is 2.79 bits per heavy atom. The van der Waals surface area contributed by atoms with Gasteiger partial charge in [-0.3, -0.25) is 0 Å². The molecular weight excluding hydrogens is 261 g/mol. The van der Waals surface area contributed by atoms with Crippen LogP contribution in [0.4, 0.5) is 4.39 Å². The molecule has 1 atom stereocenters. The molecule has 1 aromatic carbocycles. The molecule has 2 aromatic rings. The maximum atomic E-state index is 13.7. The van der Waals surface area contributed by atoms with Crippen molar-refractivity contribution >= 4 is 11.3 Å². The first-order valence-electron chi connectivity index (χ1n) is 6.27. The molecule has 0 spiro atoms. The van der Waals surface area contributed by atoms with E-state index >= 15 is 0 Å². The van der Waals surface area contributed by atoms with Gasteiger partial charge in [0, 0.05) is 10.9 Å². The van der Waals surface area contributed by atoms with Crippen LogP contribution >= 0.6 is 11.3 Å². The molecular formula is C15H18FNOS. The van der Waals surface area contributed by atoms with Crippen LogP contribution in [0.5, 0.6) is 5.75 Å². The zero-order chi connectivity index (χ0) is 13.7. The number of methoxy groups -OCH3 is 1. The first-order valence-corrected chi connectivity index (χ1v) is 7.15. The van der Waals surface area contributed by atoms with Crippen LogP contribution in [0.1, 0.15) is 22.9 Å². The number of hydrogen-bond donors (Lipinski definition) is 1. The van der Waals surface area contributed by atoms with E-state index in [4.69, 9.17) is 4.74 Å². The Morgan fingerprint density at radius 1 is 1.37 bits per heavy atom. The molecule has 1 N–H and O–H groups in total. The SMILES string of the molecule is CNC(CCc1cccs1)c1ccc(OC)c(F)c1. The molecule has 0 saturated carbocycles. The molecule has 0 aliphatic heterocycles. The van der Waals surface area contributed by atoms with Gasteiger partial charge in [0.05, 0.1) is 7.11 Å². The fourth-order valence-corrected chi connectivity index (χ4v) is 2.84. The van der Waals surface area contributed by atoms with Crippen LogP contribution in [0.25, 0.3) is 0 Å². The lowest BCUT2D eigenvalue weighted by Gasteiger charge is -2.17. The first-order chi connectivity index (χ1) is 9.24. The van der Waals surface area contributed by atoms with Crippen molar-refractivity contribution in [3.05, 3.63) is 52.0 Å². The van der Waals surface area contributed by atoms with E-state index in [1.165, 1.54) is 12.0 Å². The molecule has 0 radical (unpaired) electrons. The van der Waals surface area contributed by atoms with Crippen molar-refractivity contribution in [1.29, 1.82) is 0 Å². The number of ether oxygens (including phenoxy) is 1. The molecule has 0 fully saturated rings. The highest BCUT2D eigenvalue weighted by Crippen LogP contribution is 2.25. The molecule has 1 aromatic heterocycles. The van der Waals surface area contributed by atoms with Crippen LogP contribution in [-0.2, 0) is 6.42 Å². The standard InChI is InChI=1S/C15H18FNOS/c1-17-14(7-6-12-4-3-9-19-12)11-5-8-15(18-2)13(16)10-11/h3-5,8-10,14,17H,6-7H2,1-2H3. The quantitative estimate of drug-likeness (QED) is 0.868. The molecule has 0 bridgehead atoms. The van der Waals surface area contributed by atoms with Gasteiger partial charge < -0.3 is 10.1 Å². The van der Waals surface area contributed by atoms with Gasteiger partial charge in [-0.2, -0.15) is 0 Å². The summed E-state index contributed by atoms with van der Waals surface area (Å²) in [5, 5.41) is 5.32. The average molecular weight is 279 g/mol. The Balaban J connectivity index is 2.06. The number of nitrogens with one attached hydrogen (secondary N) is 1. The number of rotatable bonds is 6. The molecule has 0 amide bonds. The van der Waals surface area contributed by atoms with Crippen molar-refractivity contribution in [3.8, 4) is 5.75 Å². The monoisotopic (exact) mass is 279 g/mol. The van der Waals surface area contributed by atoms with Gasteiger partial charge in [0.1, 0.15) is 0 Å². The van der Waals surface area contributed by atoms with Gasteiger partial charge in [0.15, 0.2) is 11.6 Å². The summed E-state index contributed by atoms with van der Waals surface area (Å²) >= 11 is 1.76. The third kappa shape index (κ3) is 3.55. The number of thiophene rings is 1. The van der Waals surface area contributed by atoms with E-state index in [2.05, 4.69) is 22.8 Å². The second-order valence-corrected chi connectivity index (χ2v) is 5.39. The van der Waals surface area contributed by atoms with Crippen LogP contribution in [0.3, 0.4) is 0 Å². The summed E-state index contributed by atoms with van der Waals surface area (Å²) in [5.74, 6) is -0.0202. The lowest BCUT2D eigenvalue weighted by atomic mass is 10.0. The summed E-state index contributed by atoms with van der Waals surface area (Å²) in [6.45, 7) is 0. The van der Waals surface area contributed by atoms with Crippen LogP contribution in [-0.4, -0.2) is 14.2 Å². The fourth-order valence-electron chi connectivity index (χ4n) is 2.12. The number of benzene rings is 1. The van der Waals surface area contributed by atoms with Gasteiger partial charge in [0.25, 0.3) is 0 Å². The van der Waals surface area contributed by atoms with Crippen molar-refractivity contribution in [1.82, 2.24) is 5.32 Å². The van der Waals surface area contributed by atoms with Crippen molar-refractivity contribution < 1.29 is 9.13 Å². The Kier molecular flexibility index (Phi) is 4.93. The lowest BCUT2D eigenvalue weighted by molar-refractivity contribution is 0.385. The molecule has 0 aliphatic rings. The third-order valence-electron chi connectivity index (χ3n) is 3.19. The number of halogens is 1. The normalized spacial score (nSPS) is 12.4. The fraction of sp³-hybridized carbons (Fsp3) is 0.333. The van der Waals surface area contributed by atoms with E-state index in [9.17, 15) is 4.39 Å². The van der Waals surface area contributed by atoms with E-state index in [1.807, 2.05) is 13.1 Å². The predicted octanol–water partition coefficient (Wildman–Crippen LogP) is 3.79. The van der Waals surface area contributed by atoms with Gasteiger partial charge in [-0.1, -0.05) is 12.1 Å². The minimum Gasteiger partial charge on any atom is -0.494 e. The summed E-state index contributed by atoms with van der Waals surface area (Å²) in [5.41, 5.74) is 0.956. The van der Waals surface area contributed by atoms with E-state index in [-0.39, 0.29) is 17.6 Å². The third-order valence-corrected chi connectivity index (χ3v) is 4.12. The highest BCUT2D eigenvalue weighted by atomic mass is 32.1. The van der Waals surface area contributed by atoms with E-state index < -0.39 is 0 Å². The molecule has 4 heteroatoms. The zero-order valence-electron chi connectivity index (χ0n) is 11.2. The van der Waals surface area contributed by atoms with Crippen molar-refractivity contribution in [2.75, 3.05) is 14.2 Å². The summed E-state index contributed by atoms with van der Waals surface area (Å²) < 4.78 is 18.6. The summed E-state index contributed by atoms with van der Waals surface area (Å²) in [4.78, 5) is 1.36. The number of aryl methyl sites for hydroxylation is 1. The van der Waals surface area contributed by atoms with Crippen LogP contribution in [0, 0.1) is 5.82 Å². The summed E-state index contributed by atoms with van der Waals surface area (Å²) in [6.07, 6.45) is 1.94. The predicted molar refractivity (Wildman–Crippen MR) is 77.4 cm³/mol. The second-order valence-electron chi connectivity index (χ2n) is 4.35. The highest BCUT2D eigenvalue weighted by molar-refractivity contribution is 7.09. The summed E-state index contributed by atoms with van der Waals surface area (Å²) in [6, 6.07) is 9.49. The molecule has 102 valence electrons. The molecule has 1 heterocycles. The maximum Gasteiger partial charge on any atom is 0.165 e. The molecule has 1 unspecified atom stereocenters. The Hall–Kier alpha value is -1.39. The zero-order valence-corrected chi connectivity index (χ0v) is 12.0. The van der Waals surface area contributed by atoms with E-state index in [1.54, 1.807) is 23.5 Å². The van der Waals surface area contributed by atoms with Gasteiger partial charge in [0.2, 0.25) is 0 Å². The van der Waals surface area contributed by atoms with Crippen LogP contribution in [0.15, 0.2) is 35.7 Å². The minimum absolute atomic E-state index is 0.155. The van der Waals surface area contributed by atoms with Gasteiger partial charge in [-0.25, -0.2) is 4.39 Å². The average Bonchev–Trinajstić information content (AvgIpc) is 2.93. The topological polar surface area (TPSA) is 21.3 Å². The van der Waals surface area contributed by atoms with Gasteiger partial charge >= 0.3 is 0 Å². The Morgan fingerprint density at radius 2 is 2.21 bits per heavy atom. The highest BCUT2D eigenvalue weighted by Gasteiger charge is 2.12. The number of hydrogen-bond acceptors (Lipinski definition) is 3. The maximum absolute atomic E-state index is 13.7. The Labute approximate surface area is 117 Å². The minimum atomic E-state index is -0.309. The van der Waals surface area contributed by atoms with Crippen molar-refractivity contribution in [3.63, 3.8) is 0 Å². The smallest absolute Gasteiger partial charge is 0.165 e. The van der Waals surface area contributed by atoms with E-state index in [0.717, 1.165) is 18.4 Å². The second kappa shape index (κ2) is 6.68. The first kappa shape index (κ1) is 14.0. The lowest BCUT2D eigenvalue weighted by Crippen LogP contribution is -2.17. The molecule has 2 rings (SSSR count). The molecule has 2 nitrogen and oxygen atoms in total. The van der Waals surface area contributed by atoms with E-state index in [0.29, 0.717) is 0 Å². The van der Waals surface area contributed by atoms with Crippen molar-refractivity contribution in [2.45, 2.75) is 18.9 Å².